The number of hydrogen-bond acceptors (Lipinski definition) is 5. The molecule has 1 N–H and O–H groups in total. The Balaban J connectivity index is 1.75. The van der Waals surface area contributed by atoms with Crippen LogP contribution in [0.4, 0.5) is 5.82 Å². The second kappa shape index (κ2) is 5.64. The maximum atomic E-state index is 12.4. The Bertz CT molecular complexity index is 762. The summed E-state index contributed by atoms with van der Waals surface area (Å²) < 4.78 is 6.69. The second-order valence-corrected chi connectivity index (χ2v) is 5.24. The van der Waals surface area contributed by atoms with Crippen LogP contribution in [0.1, 0.15) is 16.2 Å². The molecule has 0 atom stereocenters. The van der Waals surface area contributed by atoms with Crippen molar-refractivity contribution in [2.75, 3.05) is 19.0 Å². The van der Waals surface area contributed by atoms with Crippen LogP contribution in [0.5, 0.6) is 0 Å². The Morgan fingerprint density at radius 2 is 2.17 bits per heavy atom. The van der Waals surface area contributed by atoms with E-state index in [0.29, 0.717) is 29.6 Å². The van der Waals surface area contributed by atoms with Crippen molar-refractivity contribution in [3.05, 3.63) is 48.6 Å². The van der Waals surface area contributed by atoms with Crippen molar-refractivity contribution in [1.82, 2.24) is 19.8 Å². The molecule has 0 bridgehead atoms. The highest BCUT2D eigenvalue weighted by Crippen LogP contribution is 2.28. The van der Waals surface area contributed by atoms with Crippen molar-refractivity contribution >= 4 is 17.6 Å². The van der Waals surface area contributed by atoms with Gasteiger partial charge in [-0.15, -0.1) is 0 Å². The molecule has 0 saturated heterocycles. The zero-order valence-corrected chi connectivity index (χ0v) is 12.9. The minimum atomic E-state index is -0.237. The zero-order valence-electron chi connectivity index (χ0n) is 12.9. The van der Waals surface area contributed by atoms with Gasteiger partial charge in [-0.2, -0.15) is 0 Å². The summed E-state index contributed by atoms with van der Waals surface area (Å²) in [7, 11) is 3.41. The third kappa shape index (κ3) is 2.59. The Morgan fingerprint density at radius 3 is 2.87 bits per heavy atom. The van der Waals surface area contributed by atoms with Gasteiger partial charge in [0.25, 0.3) is 5.91 Å². The van der Waals surface area contributed by atoms with Crippen LogP contribution in [-0.2, 0) is 17.9 Å². The normalized spacial score (nSPS) is 14.2. The molecule has 3 rings (SSSR count). The van der Waals surface area contributed by atoms with Gasteiger partial charge in [0.2, 0.25) is 5.91 Å². The number of imidazole rings is 1. The molecule has 120 valence electrons. The lowest BCUT2D eigenvalue weighted by molar-refractivity contribution is -0.121. The van der Waals surface area contributed by atoms with Crippen LogP contribution in [0.3, 0.4) is 0 Å². The van der Waals surface area contributed by atoms with Gasteiger partial charge in [-0.1, -0.05) is 6.58 Å². The highest BCUT2D eigenvalue weighted by molar-refractivity contribution is 6.01. The number of fused-ring (bicyclic) bond motifs is 1. The molecular weight excluding hydrogens is 298 g/mol. The third-order valence-electron chi connectivity index (χ3n) is 3.77. The van der Waals surface area contributed by atoms with E-state index in [9.17, 15) is 9.59 Å². The Kier molecular flexibility index (Phi) is 3.65. The van der Waals surface area contributed by atoms with E-state index in [2.05, 4.69) is 16.9 Å². The molecule has 0 fully saturated rings. The monoisotopic (exact) mass is 315 g/mol. The largest absolute Gasteiger partial charge is 0.467 e. The predicted molar refractivity (Wildman–Crippen MR) is 82.4 cm³/mol. The topological polar surface area (TPSA) is 83.6 Å². The molecule has 1 aliphatic rings. The quantitative estimate of drug-likeness (QED) is 0.901. The summed E-state index contributed by atoms with van der Waals surface area (Å²) in [5.41, 5.74) is 0.371. The summed E-state index contributed by atoms with van der Waals surface area (Å²) in [6.07, 6.45) is 3.03. The first-order valence-electron chi connectivity index (χ1n) is 7.04. The van der Waals surface area contributed by atoms with Gasteiger partial charge >= 0.3 is 0 Å². The number of nitrogens with zero attached hydrogens (tertiary/aromatic N) is 4. The molecule has 3 heterocycles. The van der Waals surface area contributed by atoms with Gasteiger partial charge in [0, 0.05) is 14.1 Å². The molecule has 0 radical (unpaired) electrons. The van der Waals surface area contributed by atoms with Gasteiger partial charge in [0.05, 0.1) is 19.1 Å². The zero-order chi connectivity index (χ0) is 16.6. The molecule has 0 saturated carbocycles. The Labute approximate surface area is 133 Å². The second-order valence-electron chi connectivity index (χ2n) is 5.24. The number of nitrogens with one attached hydrogen (secondary N) is 1. The fourth-order valence-corrected chi connectivity index (χ4v) is 2.39. The number of hydrogen-bond donors (Lipinski definition) is 1. The summed E-state index contributed by atoms with van der Waals surface area (Å²) in [5, 5.41) is 2.74. The predicted octanol–water partition coefficient (Wildman–Crippen LogP) is 0.785. The van der Waals surface area contributed by atoms with Crippen molar-refractivity contribution in [3.63, 3.8) is 0 Å². The van der Waals surface area contributed by atoms with Gasteiger partial charge < -0.3 is 19.2 Å². The molecular formula is C15H17N5O3. The van der Waals surface area contributed by atoms with E-state index >= 15 is 0 Å². The Hall–Kier alpha value is -3.03. The van der Waals surface area contributed by atoms with Gasteiger partial charge in [0.15, 0.2) is 11.5 Å². The van der Waals surface area contributed by atoms with Gasteiger partial charge in [-0.05, 0) is 12.1 Å². The number of amides is 2. The molecule has 23 heavy (non-hydrogen) atoms. The van der Waals surface area contributed by atoms with E-state index in [0.717, 1.165) is 0 Å². The standard InChI is InChI=1S/C15H17N5O3/c1-10-18(2)14-13(15(22)19(10)3)20(9-17-14)8-12(21)16-7-11-5-4-6-23-11/h4-6,9H,1,7-8H2,2-3H3,(H,16,21). The van der Waals surface area contributed by atoms with E-state index in [1.807, 2.05) is 0 Å². The first-order valence-corrected chi connectivity index (χ1v) is 7.04. The lowest BCUT2D eigenvalue weighted by Crippen LogP contribution is -2.41. The molecule has 8 nitrogen and oxygen atoms in total. The summed E-state index contributed by atoms with van der Waals surface area (Å²) in [5.74, 6) is 1.23. The van der Waals surface area contributed by atoms with E-state index in [1.165, 1.54) is 15.8 Å². The molecule has 0 aromatic carbocycles. The van der Waals surface area contributed by atoms with Gasteiger partial charge in [0.1, 0.15) is 18.1 Å². The van der Waals surface area contributed by atoms with Gasteiger partial charge in [-0.25, -0.2) is 4.98 Å². The average molecular weight is 315 g/mol. The lowest BCUT2D eigenvalue weighted by Gasteiger charge is -2.32. The van der Waals surface area contributed by atoms with Crippen LogP contribution in [0.2, 0.25) is 0 Å². The van der Waals surface area contributed by atoms with Crippen molar-refractivity contribution in [2.45, 2.75) is 13.1 Å². The first-order chi connectivity index (χ1) is 11.0. The summed E-state index contributed by atoms with van der Waals surface area (Å²) >= 11 is 0. The lowest BCUT2D eigenvalue weighted by atomic mass is 10.2. The SMILES string of the molecule is C=C1N(C)C(=O)c2c(ncn2CC(=O)NCc2ccco2)N1C. The molecule has 2 aromatic heterocycles. The fraction of sp³-hybridized carbons (Fsp3) is 0.267. The van der Waals surface area contributed by atoms with Crippen molar-refractivity contribution in [2.24, 2.45) is 0 Å². The molecule has 8 heteroatoms. The van der Waals surface area contributed by atoms with Gasteiger partial charge in [-0.3, -0.25) is 14.5 Å². The average Bonchev–Trinajstić information content (AvgIpc) is 3.18. The van der Waals surface area contributed by atoms with Crippen LogP contribution in [0.25, 0.3) is 0 Å². The van der Waals surface area contributed by atoms with E-state index in [-0.39, 0.29) is 18.4 Å². The number of carbonyl (C=O) groups excluding carboxylic acids is 2. The highest BCUT2D eigenvalue weighted by atomic mass is 16.3. The molecule has 2 aromatic rings. The molecule has 0 spiro atoms. The minimum Gasteiger partial charge on any atom is -0.467 e. The van der Waals surface area contributed by atoms with Crippen molar-refractivity contribution < 1.29 is 14.0 Å². The summed E-state index contributed by atoms with van der Waals surface area (Å²) in [6, 6.07) is 3.53. The number of carbonyl (C=O) groups is 2. The number of anilines is 1. The molecule has 2 amide bonds. The maximum absolute atomic E-state index is 12.4. The van der Waals surface area contributed by atoms with E-state index < -0.39 is 0 Å². The Morgan fingerprint density at radius 1 is 1.39 bits per heavy atom. The van der Waals surface area contributed by atoms with Crippen LogP contribution < -0.4 is 10.2 Å². The smallest absolute Gasteiger partial charge is 0.279 e. The number of furan rings is 1. The summed E-state index contributed by atoms with van der Waals surface area (Å²) in [6.45, 7) is 4.15. The number of rotatable bonds is 4. The number of aromatic nitrogens is 2. The minimum absolute atomic E-state index is 0.00291. The van der Waals surface area contributed by atoms with E-state index in [4.69, 9.17) is 4.42 Å². The highest BCUT2D eigenvalue weighted by Gasteiger charge is 2.33. The fourth-order valence-electron chi connectivity index (χ4n) is 2.39. The first kappa shape index (κ1) is 14.9. The summed E-state index contributed by atoms with van der Waals surface area (Å²) in [4.78, 5) is 31.8. The van der Waals surface area contributed by atoms with E-state index in [1.54, 1.807) is 37.4 Å². The van der Waals surface area contributed by atoms with Crippen LogP contribution >= 0.6 is 0 Å². The maximum Gasteiger partial charge on any atom is 0.279 e. The van der Waals surface area contributed by atoms with Crippen molar-refractivity contribution in [1.29, 1.82) is 0 Å². The van der Waals surface area contributed by atoms with Crippen molar-refractivity contribution in [3.8, 4) is 0 Å². The van der Waals surface area contributed by atoms with Crippen LogP contribution in [-0.4, -0.2) is 40.4 Å². The third-order valence-corrected chi connectivity index (χ3v) is 3.77. The molecule has 0 unspecified atom stereocenters. The molecule has 0 aliphatic carbocycles. The van der Waals surface area contributed by atoms with Crippen LogP contribution in [0.15, 0.2) is 41.5 Å². The molecule has 1 aliphatic heterocycles. The van der Waals surface area contributed by atoms with Crippen LogP contribution in [0, 0.1) is 0 Å².